The van der Waals surface area contributed by atoms with E-state index in [0.29, 0.717) is 26.4 Å². The van der Waals surface area contributed by atoms with E-state index >= 15 is 0 Å². The summed E-state index contributed by atoms with van der Waals surface area (Å²) in [6.07, 6.45) is 0. The monoisotopic (exact) mass is 396 g/mol. The van der Waals surface area contributed by atoms with Gasteiger partial charge in [0.25, 0.3) is 0 Å². The molecule has 6 heteroatoms. The number of nitrogens with zero attached hydrogens (tertiary/aromatic N) is 1. The summed E-state index contributed by atoms with van der Waals surface area (Å²) in [4.78, 5) is 4.67. The molecule has 0 aliphatic carbocycles. The SMILES string of the molecule is Cc1ccc(OCc2nc(CNC(C)c3ccc4c(c3)OCCO4)cs2)cc1. The van der Waals surface area contributed by atoms with Crippen LogP contribution in [-0.4, -0.2) is 18.2 Å². The molecular formula is C22H24N2O3S. The van der Waals surface area contributed by atoms with Crippen molar-refractivity contribution in [3.05, 3.63) is 69.7 Å². The van der Waals surface area contributed by atoms with Gasteiger partial charge in [0.05, 0.1) is 5.69 Å². The average Bonchev–Trinajstić information content (AvgIpc) is 3.19. The quantitative estimate of drug-likeness (QED) is 0.630. The summed E-state index contributed by atoms with van der Waals surface area (Å²) in [5.74, 6) is 2.51. The molecule has 0 radical (unpaired) electrons. The molecule has 0 saturated carbocycles. The summed E-state index contributed by atoms with van der Waals surface area (Å²) in [7, 11) is 0. The molecule has 0 bridgehead atoms. The highest BCUT2D eigenvalue weighted by molar-refractivity contribution is 7.09. The van der Waals surface area contributed by atoms with Gasteiger partial charge in [-0.3, -0.25) is 0 Å². The minimum Gasteiger partial charge on any atom is -0.486 e. The number of thiazole rings is 1. The fraction of sp³-hybridized carbons (Fsp3) is 0.318. The van der Waals surface area contributed by atoms with Gasteiger partial charge in [-0.05, 0) is 43.7 Å². The van der Waals surface area contributed by atoms with Gasteiger partial charge in [0.1, 0.15) is 30.6 Å². The van der Waals surface area contributed by atoms with E-state index < -0.39 is 0 Å². The molecule has 4 rings (SSSR count). The zero-order chi connectivity index (χ0) is 19.3. The van der Waals surface area contributed by atoms with Crippen LogP contribution in [0.4, 0.5) is 0 Å². The number of fused-ring (bicyclic) bond motifs is 1. The van der Waals surface area contributed by atoms with Crippen LogP contribution >= 0.6 is 11.3 Å². The van der Waals surface area contributed by atoms with Gasteiger partial charge >= 0.3 is 0 Å². The molecule has 1 aliphatic heterocycles. The number of ether oxygens (including phenoxy) is 3. The van der Waals surface area contributed by atoms with E-state index in [1.807, 2.05) is 36.4 Å². The number of rotatable bonds is 7. The number of hydrogen-bond acceptors (Lipinski definition) is 6. The van der Waals surface area contributed by atoms with Crippen molar-refractivity contribution >= 4 is 11.3 Å². The summed E-state index contributed by atoms with van der Waals surface area (Å²) in [5, 5.41) is 6.58. The Morgan fingerprint density at radius 2 is 1.89 bits per heavy atom. The molecule has 1 N–H and O–H groups in total. The Labute approximate surface area is 169 Å². The number of nitrogens with one attached hydrogen (secondary N) is 1. The summed E-state index contributed by atoms with van der Waals surface area (Å²) >= 11 is 1.63. The van der Waals surface area contributed by atoms with Gasteiger partial charge in [0, 0.05) is 18.0 Å². The second kappa shape index (κ2) is 8.63. The Bertz CT molecular complexity index is 924. The van der Waals surface area contributed by atoms with Crippen LogP contribution in [0.25, 0.3) is 0 Å². The standard InChI is InChI=1S/C22H24N2O3S/c1-15-3-6-19(7-4-15)27-13-22-24-18(14-28-22)12-23-16(2)17-5-8-20-21(11-17)26-10-9-25-20/h3-8,11,14,16,23H,9-10,12-13H2,1-2H3. The molecule has 2 aromatic carbocycles. The Morgan fingerprint density at radius 1 is 1.11 bits per heavy atom. The number of aromatic nitrogens is 1. The molecule has 146 valence electrons. The lowest BCUT2D eigenvalue weighted by atomic mass is 10.1. The topological polar surface area (TPSA) is 52.6 Å². The highest BCUT2D eigenvalue weighted by Gasteiger charge is 2.14. The van der Waals surface area contributed by atoms with E-state index in [1.165, 1.54) is 11.1 Å². The van der Waals surface area contributed by atoms with Crippen molar-refractivity contribution < 1.29 is 14.2 Å². The fourth-order valence-electron chi connectivity index (χ4n) is 2.98. The maximum Gasteiger partial charge on any atom is 0.161 e. The molecule has 0 amide bonds. The van der Waals surface area contributed by atoms with Gasteiger partial charge in [0.15, 0.2) is 11.5 Å². The van der Waals surface area contributed by atoms with Crippen molar-refractivity contribution in [2.24, 2.45) is 0 Å². The first-order chi connectivity index (χ1) is 13.7. The van der Waals surface area contributed by atoms with Crippen LogP contribution in [0, 0.1) is 6.92 Å². The minimum atomic E-state index is 0.185. The van der Waals surface area contributed by atoms with Gasteiger partial charge in [-0.2, -0.15) is 0 Å². The molecule has 1 atom stereocenters. The lowest BCUT2D eigenvalue weighted by Crippen LogP contribution is -2.19. The Kier molecular flexibility index (Phi) is 5.78. The van der Waals surface area contributed by atoms with Crippen LogP contribution in [-0.2, 0) is 13.2 Å². The number of benzene rings is 2. The maximum atomic E-state index is 5.81. The Morgan fingerprint density at radius 3 is 2.71 bits per heavy atom. The molecule has 0 fully saturated rings. The molecule has 28 heavy (non-hydrogen) atoms. The van der Waals surface area contributed by atoms with Gasteiger partial charge in [-0.25, -0.2) is 4.98 Å². The Balaban J connectivity index is 1.29. The molecule has 2 heterocycles. The minimum absolute atomic E-state index is 0.185. The predicted molar refractivity (Wildman–Crippen MR) is 110 cm³/mol. The third-order valence-electron chi connectivity index (χ3n) is 4.64. The van der Waals surface area contributed by atoms with Crippen LogP contribution in [0.15, 0.2) is 47.8 Å². The molecule has 1 unspecified atom stereocenters. The van der Waals surface area contributed by atoms with Gasteiger partial charge < -0.3 is 19.5 Å². The summed E-state index contributed by atoms with van der Waals surface area (Å²) in [6.45, 7) is 6.61. The molecule has 3 aromatic rings. The van der Waals surface area contributed by atoms with Crippen LogP contribution in [0.2, 0.25) is 0 Å². The Hall–Kier alpha value is -2.57. The fourth-order valence-corrected chi connectivity index (χ4v) is 3.69. The zero-order valence-corrected chi connectivity index (χ0v) is 16.9. The van der Waals surface area contributed by atoms with Crippen LogP contribution in [0.5, 0.6) is 17.2 Å². The van der Waals surface area contributed by atoms with E-state index in [2.05, 4.69) is 35.6 Å². The second-order valence-electron chi connectivity index (χ2n) is 6.84. The summed E-state index contributed by atoms with van der Waals surface area (Å²) < 4.78 is 17.1. The lowest BCUT2D eigenvalue weighted by molar-refractivity contribution is 0.171. The smallest absolute Gasteiger partial charge is 0.161 e. The van der Waals surface area contributed by atoms with E-state index in [0.717, 1.165) is 28.0 Å². The second-order valence-corrected chi connectivity index (χ2v) is 7.78. The third kappa shape index (κ3) is 4.64. The van der Waals surface area contributed by atoms with Crippen molar-refractivity contribution in [3.8, 4) is 17.2 Å². The van der Waals surface area contributed by atoms with E-state index in [-0.39, 0.29) is 6.04 Å². The number of hydrogen-bond donors (Lipinski definition) is 1. The summed E-state index contributed by atoms with van der Waals surface area (Å²) in [6, 6.07) is 14.4. The lowest BCUT2D eigenvalue weighted by Gasteiger charge is -2.21. The molecule has 1 aromatic heterocycles. The molecule has 1 aliphatic rings. The number of aryl methyl sites for hydroxylation is 1. The molecule has 0 saturated heterocycles. The molecular weight excluding hydrogens is 372 g/mol. The highest BCUT2D eigenvalue weighted by atomic mass is 32.1. The maximum absolute atomic E-state index is 5.81. The van der Waals surface area contributed by atoms with Crippen LogP contribution in [0.1, 0.15) is 34.8 Å². The van der Waals surface area contributed by atoms with Gasteiger partial charge in [-0.15, -0.1) is 11.3 Å². The van der Waals surface area contributed by atoms with Crippen LogP contribution in [0.3, 0.4) is 0 Å². The van der Waals surface area contributed by atoms with Crippen LogP contribution < -0.4 is 19.5 Å². The van der Waals surface area contributed by atoms with E-state index in [4.69, 9.17) is 14.2 Å². The van der Waals surface area contributed by atoms with Gasteiger partial charge in [-0.1, -0.05) is 23.8 Å². The van der Waals surface area contributed by atoms with Crippen molar-refractivity contribution in [2.45, 2.75) is 33.0 Å². The van der Waals surface area contributed by atoms with Crippen molar-refractivity contribution in [3.63, 3.8) is 0 Å². The van der Waals surface area contributed by atoms with E-state index in [9.17, 15) is 0 Å². The van der Waals surface area contributed by atoms with E-state index in [1.54, 1.807) is 11.3 Å². The zero-order valence-electron chi connectivity index (χ0n) is 16.1. The average molecular weight is 397 g/mol. The first kappa shape index (κ1) is 18.8. The summed E-state index contributed by atoms with van der Waals surface area (Å²) in [5.41, 5.74) is 3.42. The van der Waals surface area contributed by atoms with Crippen molar-refractivity contribution in [2.75, 3.05) is 13.2 Å². The van der Waals surface area contributed by atoms with Crippen molar-refractivity contribution in [1.29, 1.82) is 0 Å². The van der Waals surface area contributed by atoms with Gasteiger partial charge in [0.2, 0.25) is 0 Å². The molecule has 0 spiro atoms. The molecule has 5 nitrogen and oxygen atoms in total. The largest absolute Gasteiger partial charge is 0.486 e. The van der Waals surface area contributed by atoms with Crippen molar-refractivity contribution in [1.82, 2.24) is 10.3 Å². The predicted octanol–water partition coefficient (Wildman–Crippen LogP) is 4.65. The third-order valence-corrected chi connectivity index (χ3v) is 5.51. The first-order valence-corrected chi connectivity index (χ1v) is 10.3. The normalized spacial score (nSPS) is 13.9. The highest BCUT2D eigenvalue weighted by Crippen LogP contribution is 2.32. The first-order valence-electron chi connectivity index (χ1n) is 9.43.